The van der Waals surface area contributed by atoms with E-state index in [9.17, 15) is 18.0 Å². The van der Waals surface area contributed by atoms with Gasteiger partial charge < -0.3 is 9.80 Å². The third-order valence-corrected chi connectivity index (χ3v) is 8.63. The van der Waals surface area contributed by atoms with Gasteiger partial charge in [-0.15, -0.1) is 11.3 Å². The zero-order chi connectivity index (χ0) is 24.1. The Bertz CT molecular complexity index is 1230. The van der Waals surface area contributed by atoms with Gasteiger partial charge in [-0.3, -0.25) is 14.3 Å². The molecule has 0 radical (unpaired) electrons. The number of carbonyl (C=O) groups is 2. The molecule has 0 saturated carbocycles. The first kappa shape index (κ1) is 24.0. The van der Waals surface area contributed by atoms with Crippen molar-refractivity contribution in [3.8, 4) is 0 Å². The molecule has 2 heterocycles. The predicted molar refractivity (Wildman–Crippen MR) is 134 cm³/mol. The van der Waals surface area contributed by atoms with Crippen LogP contribution >= 0.6 is 11.3 Å². The lowest BCUT2D eigenvalue weighted by Gasteiger charge is -2.35. The van der Waals surface area contributed by atoms with Crippen LogP contribution in [0.5, 0.6) is 0 Å². The second-order valence-corrected chi connectivity index (χ2v) is 11.0. The van der Waals surface area contributed by atoms with Crippen LogP contribution in [0.1, 0.15) is 28.4 Å². The van der Waals surface area contributed by atoms with Crippen molar-refractivity contribution in [1.82, 2.24) is 9.80 Å². The molecular formula is C25H27N3O4S2. The van der Waals surface area contributed by atoms with Crippen LogP contribution in [-0.4, -0.2) is 56.2 Å². The molecule has 0 aliphatic carbocycles. The van der Waals surface area contributed by atoms with Gasteiger partial charge in [0.1, 0.15) is 4.21 Å². The van der Waals surface area contributed by atoms with E-state index >= 15 is 0 Å². The van der Waals surface area contributed by atoms with Crippen molar-refractivity contribution >= 4 is 38.9 Å². The molecule has 1 fully saturated rings. The topological polar surface area (TPSA) is 86.8 Å². The molecule has 34 heavy (non-hydrogen) atoms. The van der Waals surface area contributed by atoms with Crippen LogP contribution in [0.25, 0.3) is 0 Å². The van der Waals surface area contributed by atoms with Crippen LogP contribution in [0.4, 0.5) is 5.69 Å². The summed E-state index contributed by atoms with van der Waals surface area (Å²) in [6.45, 7) is 4.08. The third-order valence-electron chi connectivity index (χ3n) is 5.85. The predicted octanol–water partition coefficient (Wildman–Crippen LogP) is 3.64. The minimum Gasteiger partial charge on any atom is -0.339 e. The first-order valence-corrected chi connectivity index (χ1v) is 13.5. The van der Waals surface area contributed by atoms with Crippen molar-refractivity contribution < 1.29 is 18.0 Å². The Kier molecular flexibility index (Phi) is 7.33. The van der Waals surface area contributed by atoms with Crippen LogP contribution in [0.15, 0.2) is 70.3 Å². The number of carbonyl (C=O) groups excluding carboxylic acids is 2. The van der Waals surface area contributed by atoms with Crippen LogP contribution in [0.3, 0.4) is 0 Å². The summed E-state index contributed by atoms with van der Waals surface area (Å²) in [6, 6.07) is 17.8. The molecule has 1 aromatic heterocycles. The Morgan fingerprint density at radius 2 is 1.50 bits per heavy atom. The van der Waals surface area contributed by atoms with E-state index in [1.54, 1.807) is 51.6 Å². The fourth-order valence-corrected chi connectivity index (χ4v) is 5.87. The summed E-state index contributed by atoms with van der Waals surface area (Å²) in [4.78, 5) is 29.1. The third kappa shape index (κ3) is 5.66. The van der Waals surface area contributed by atoms with E-state index in [-0.39, 0.29) is 22.4 Å². The molecule has 0 bridgehead atoms. The minimum atomic E-state index is -3.60. The summed E-state index contributed by atoms with van der Waals surface area (Å²) in [6.07, 6.45) is 1.16. The summed E-state index contributed by atoms with van der Waals surface area (Å²) in [5.74, 6) is -0.0124. The molecule has 178 valence electrons. The van der Waals surface area contributed by atoms with Crippen molar-refractivity contribution in [3.63, 3.8) is 0 Å². The maximum Gasteiger partial charge on any atom is 0.271 e. The van der Waals surface area contributed by atoms with Crippen molar-refractivity contribution in [2.75, 3.05) is 30.9 Å². The van der Waals surface area contributed by atoms with Gasteiger partial charge in [0.15, 0.2) is 0 Å². The Labute approximate surface area is 204 Å². The van der Waals surface area contributed by atoms with Crippen molar-refractivity contribution in [2.45, 2.75) is 24.0 Å². The highest BCUT2D eigenvalue weighted by atomic mass is 32.2. The van der Waals surface area contributed by atoms with E-state index in [4.69, 9.17) is 0 Å². The maximum atomic E-state index is 12.8. The number of nitrogens with one attached hydrogen (secondary N) is 1. The van der Waals surface area contributed by atoms with E-state index in [0.29, 0.717) is 37.4 Å². The molecule has 1 aliphatic heterocycles. The highest BCUT2D eigenvalue weighted by Gasteiger charge is 2.25. The molecule has 1 aliphatic rings. The van der Waals surface area contributed by atoms with E-state index in [1.807, 2.05) is 24.3 Å². The number of thiophene rings is 1. The quantitative estimate of drug-likeness (QED) is 0.540. The van der Waals surface area contributed by atoms with E-state index in [2.05, 4.69) is 11.6 Å². The molecule has 2 amide bonds. The van der Waals surface area contributed by atoms with Gasteiger partial charge in [0.25, 0.3) is 15.9 Å². The molecule has 0 atom stereocenters. The first-order valence-electron chi connectivity index (χ1n) is 11.2. The van der Waals surface area contributed by atoms with Crippen LogP contribution in [0, 0.1) is 0 Å². The summed E-state index contributed by atoms with van der Waals surface area (Å²) in [7, 11) is -3.60. The van der Waals surface area contributed by atoms with Crippen LogP contribution in [-0.2, 0) is 27.7 Å². The molecule has 9 heteroatoms. The summed E-state index contributed by atoms with van der Waals surface area (Å²) < 4.78 is 27.5. The SMILES string of the molecule is CCc1ccc(C(=O)N2CCN(C(=O)Cc3ccc(NS(=O)(=O)c4cccs4)cc3)CC2)cc1. The number of hydrogen-bond acceptors (Lipinski definition) is 5. The summed E-state index contributed by atoms with van der Waals surface area (Å²) in [5, 5.41) is 1.71. The molecular weight excluding hydrogens is 470 g/mol. The van der Waals surface area contributed by atoms with Gasteiger partial charge in [0.05, 0.1) is 6.42 Å². The Morgan fingerprint density at radius 1 is 0.882 bits per heavy atom. The standard InChI is InChI=1S/C25H27N3O4S2/c1-2-19-5-9-21(10-6-19)25(30)28-15-13-27(14-16-28)23(29)18-20-7-11-22(12-8-20)26-34(31,32)24-4-3-17-33-24/h3-12,17,26H,2,13-16,18H2,1H3. The maximum absolute atomic E-state index is 12.8. The molecule has 7 nitrogen and oxygen atoms in total. The average molecular weight is 498 g/mol. The van der Waals surface area contributed by atoms with E-state index < -0.39 is 10.0 Å². The zero-order valence-electron chi connectivity index (χ0n) is 18.9. The molecule has 4 rings (SSSR count). The number of piperazine rings is 1. The van der Waals surface area contributed by atoms with Gasteiger partial charge in [-0.25, -0.2) is 8.42 Å². The van der Waals surface area contributed by atoms with Gasteiger partial charge in [-0.2, -0.15) is 0 Å². The number of amides is 2. The second-order valence-electron chi connectivity index (χ2n) is 8.13. The monoisotopic (exact) mass is 497 g/mol. The molecule has 0 unspecified atom stereocenters. The summed E-state index contributed by atoms with van der Waals surface area (Å²) >= 11 is 1.15. The smallest absolute Gasteiger partial charge is 0.271 e. The fourth-order valence-electron chi connectivity index (χ4n) is 3.82. The van der Waals surface area contributed by atoms with Gasteiger partial charge in [0, 0.05) is 37.4 Å². The zero-order valence-corrected chi connectivity index (χ0v) is 20.6. The molecule has 3 aromatic rings. The summed E-state index contributed by atoms with van der Waals surface area (Å²) in [5.41, 5.74) is 3.12. The lowest BCUT2D eigenvalue weighted by Crippen LogP contribution is -2.51. The normalized spacial score (nSPS) is 14.1. The fraction of sp³-hybridized carbons (Fsp3) is 0.280. The van der Waals surface area contributed by atoms with E-state index in [1.165, 1.54) is 5.56 Å². The highest BCUT2D eigenvalue weighted by molar-refractivity contribution is 7.94. The largest absolute Gasteiger partial charge is 0.339 e. The van der Waals surface area contributed by atoms with Crippen molar-refractivity contribution in [2.24, 2.45) is 0 Å². The van der Waals surface area contributed by atoms with Gasteiger partial charge in [-0.1, -0.05) is 37.3 Å². The number of anilines is 1. The van der Waals surface area contributed by atoms with Crippen LogP contribution in [0.2, 0.25) is 0 Å². The average Bonchev–Trinajstić information content (AvgIpc) is 3.41. The number of aryl methyl sites for hydroxylation is 1. The lowest BCUT2D eigenvalue weighted by atomic mass is 10.1. The molecule has 1 N–H and O–H groups in total. The number of sulfonamides is 1. The Balaban J connectivity index is 1.28. The number of benzene rings is 2. The minimum absolute atomic E-state index is 0.00431. The lowest BCUT2D eigenvalue weighted by molar-refractivity contribution is -0.131. The molecule has 2 aromatic carbocycles. The van der Waals surface area contributed by atoms with Crippen molar-refractivity contribution in [3.05, 3.63) is 82.7 Å². The highest BCUT2D eigenvalue weighted by Crippen LogP contribution is 2.21. The van der Waals surface area contributed by atoms with Crippen molar-refractivity contribution in [1.29, 1.82) is 0 Å². The first-order chi connectivity index (χ1) is 16.4. The van der Waals surface area contributed by atoms with Gasteiger partial charge >= 0.3 is 0 Å². The van der Waals surface area contributed by atoms with Gasteiger partial charge in [0.2, 0.25) is 5.91 Å². The molecule has 1 saturated heterocycles. The van der Waals surface area contributed by atoms with E-state index in [0.717, 1.165) is 23.3 Å². The number of nitrogens with zero attached hydrogens (tertiary/aromatic N) is 2. The van der Waals surface area contributed by atoms with Gasteiger partial charge in [-0.05, 0) is 53.3 Å². The molecule has 0 spiro atoms. The number of rotatable bonds is 7. The Morgan fingerprint density at radius 3 is 2.09 bits per heavy atom. The van der Waals surface area contributed by atoms with Crippen LogP contribution < -0.4 is 4.72 Å². The second kappa shape index (κ2) is 10.4. The number of hydrogen-bond donors (Lipinski definition) is 1. The Hall–Kier alpha value is -3.17.